The van der Waals surface area contributed by atoms with Crippen molar-refractivity contribution in [2.75, 3.05) is 32.1 Å². The standard InChI is InChI=1S/C11H24N2O3S/c1-10(2)12-5-4-8-17(14,15)13-6-7-16-9-11(13)3/h10-12H,4-9H2,1-3H3. The summed E-state index contributed by atoms with van der Waals surface area (Å²) in [5.41, 5.74) is 0. The Kier molecular flexibility index (Phi) is 5.85. The number of nitrogens with one attached hydrogen (secondary N) is 1. The smallest absolute Gasteiger partial charge is 0.214 e. The lowest BCUT2D eigenvalue weighted by Gasteiger charge is -2.32. The summed E-state index contributed by atoms with van der Waals surface area (Å²) in [5, 5.41) is 3.22. The van der Waals surface area contributed by atoms with Gasteiger partial charge in [0.2, 0.25) is 10.0 Å². The summed E-state index contributed by atoms with van der Waals surface area (Å²) >= 11 is 0. The summed E-state index contributed by atoms with van der Waals surface area (Å²) in [6, 6.07) is 0.367. The van der Waals surface area contributed by atoms with Crippen LogP contribution in [0.1, 0.15) is 27.2 Å². The summed E-state index contributed by atoms with van der Waals surface area (Å²) in [5.74, 6) is 0.219. The van der Waals surface area contributed by atoms with E-state index >= 15 is 0 Å². The molecule has 1 saturated heterocycles. The van der Waals surface area contributed by atoms with Gasteiger partial charge in [-0.15, -0.1) is 0 Å². The molecule has 102 valence electrons. The Labute approximate surface area is 105 Å². The van der Waals surface area contributed by atoms with Crippen molar-refractivity contribution in [2.24, 2.45) is 0 Å². The molecular weight excluding hydrogens is 240 g/mol. The monoisotopic (exact) mass is 264 g/mol. The second-order valence-corrected chi connectivity index (χ2v) is 6.85. The molecule has 0 spiro atoms. The highest BCUT2D eigenvalue weighted by Crippen LogP contribution is 2.12. The Morgan fingerprint density at radius 2 is 2.18 bits per heavy atom. The van der Waals surface area contributed by atoms with Crippen molar-refractivity contribution < 1.29 is 13.2 Å². The Morgan fingerprint density at radius 3 is 2.76 bits per heavy atom. The van der Waals surface area contributed by atoms with Crippen molar-refractivity contribution in [1.29, 1.82) is 0 Å². The molecule has 1 unspecified atom stereocenters. The van der Waals surface area contributed by atoms with Crippen LogP contribution in [-0.2, 0) is 14.8 Å². The SMILES string of the molecule is CC(C)NCCCS(=O)(=O)N1CCOCC1C. The van der Waals surface area contributed by atoms with Crippen LogP contribution in [-0.4, -0.2) is 56.9 Å². The second kappa shape index (κ2) is 6.68. The molecule has 1 rings (SSSR count). The van der Waals surface area contributed by atoms with Crippen molar-refractivity contribution in [1.82, 2.24) is 9.62 Å². The van der Waals surface area contributed by atoms with E-state index < -0.39 is 10.0 Å². The van der Waals surface area contributed by atoms with Crippen LogP contribution in [0.3, 0.4) is 0 Å². The summed E-state index contributed by atoms with van der Waals surface area (Å²) in [4.78, 5) is 0. The summed E-state index contributed by atoms with van der Waals surface area (Å²) < 4.78 is 31.0. The van der Waals surface area contributed by atoms with Gasteiger partial charge in [-0.3, -0.25) is 0 Å². The van der Waals surface area contributed by atoms with Crippen molar-refractivity contribution in [2.45, 2.75) is 39.3 Å². The molecule has 0 radical (unpaired) electrons. The lowest BCUT2D eigenvalue weighted by molar-refractivity contribution is 0.0393. The van der Waals surface area contributed by atoms with E-state index in [2.05, 4.69) is 19.2 Å². The van der Waals surface area contributed by atoms with Gasteiger partial charge in [0.25, 0.3) is 0 Å². The number of hydrogen-bond donors (Lipinski definition) is 1. The van der Waals surface area contributed by atoms with Gasteiger partial charge in [0.15, 0.2) is 0 Å². The van der Waals surface area contributed by atoms with Gasteiger partial charge in [0.1, 0.15) is 0 Å². The molecule has 6 heteroatoms. The first kappa shape index (κ1) is 14.9. The van der Waals surface area contributed by atoms with Gasteiger partial charge in [-0.2, -0.15) is 4.31 Å². The number of hydrogen-bond acceptors (Lipinski definition) is 4. The van der Waals surface area contributed by atoms with Crippen molar-refractivity contribution in [3.8, 4) is 0 Å². The molecule has 0 bridgehead atoms. The summed E-state index contributed by atoms with van der Waals surface area (Å²) in [6.07, 6.45) is 0.657. The van der Waals surface area contributed by atoms with Crippen LogP contribution >= 0.6 is 0 Å². The minimum absolute atomic E-state index is 0.0354. The zero-order valence-corrected chi connectivity index (χ0v) is 11.8. The first-order chi connectivity index (χ1) is 7.93. The zero-order chi connectivity index (χ0) is 12.9. The van der Waals surface area contributed by atoms with Gasteiger partial charge in [-0.25, -0.2) is 8.42 Å². The van der Waals surface area contributed by atoms with Gasteiger partial charge in [0, 0.05) is 18.6 Å². The molecule has 5 nitrogen and oxygen atoms in total. The predicted molar refractivity (Wildman–Crippen MR) is 68.5 cm³/mol. The van der Waals surface area contributed by atoms with Gasteiger partial charge in [-0.1, -0.05) is 13.8 Å². The molecule has 1 N–H and O–H groups in total. The highest BCUT2D eigenvalue weighted by Gasteiger charge is 2.29. The fourth-order valence-electron chi connectivity index (χ4n) is 1.89. The number of nitrogens with zero attached hydrogens (tertiary/aromatic N) is 1. The van der Waals surface area contributed by atoms with E-state index in [9.17, 15) is 8.42 Å². The van der Waals surface area contributed by atoms with Gasteiger partial charge >= 0.3 is 0 Å². The number of sulfonamides is 1. The first-order valence-corrected chi connectivity index (χ1v) is 7.85. The molecule has 0 aromatic carbocycles. The van der Waals surface area contributed by atoms with Crippen LogP contribution in [0.4, 0.5) is 0 Å². The van der Waals surface area contributed by atoms with Crippen molar-refractivity contribution in [3.63, 3.8) is 0 Å². The number of rotatable bonds is 6. The normalized spacial score (nSPS) is 23.2. The molecule has 0 aliphatic carbocycles. The Morgan fingerprint density at radius 1 is 1.47 bits per heavy atom. The molecule has 0 aromatic heterocycles. The maximum Gasteiger partial charge on any atom is 0.214 e. The lowest BCUT2D eigenvalue weighted by Crippen LogP contribution is -2.48. The largest absolute Gasteiger partial charge is 0.378 e. The lowest BCUT2D eigenvalue weighted by atomic mass is 10.3. The van der Waals surface area contributed by atoms with E-state index in [0.29, 0.717) is 32.2 Å². The third-order valence-electron chi connectivity index (χ3n) is 2.80. The summed E-state index contributed by atoms with van der Waals surface area (Å²) in [6.45, 7) is 8.24. The highest BCUT2D eigenvalue weighted by atomic mass is 32.2. The van der Waals surface area contributed by atoms with E-state index in [1.165, 1.54) is 0 Å². The molecule has 0 saturated carbocycles. The van der Waals surface area contributed by atoms with Gasteiger partial charge in [-0.05, 0) is 19.9 Å². The maximum absolute atomic E-state index is 12.1. The van der Waals surface area contributed by atoms with Crippen LogP contribution in [0.15, 0.2) is 0 Å². The second-order valence-electron chi connectivity index (χ2n) is 4.81. The molecular formula is C11H24N2O3S. The average molecular weight is 264 g/mol. The van der Waals surface area contributed by atoms with Crippen molar-refractivity contribution in [3.05, 3.63) is 0 Å². The predicted octanol–water partition coefficient (Wildman–Crippen LogP) is 0.425. The number of morpholine rings is 1. The van der Waals surface area contributed by atoms with E-state index in [1.54, 1.807) is 4.31 Å². The molecule has 0 aromatic rings. The van der Waals surface area contributed by atoms with Crippen LogP contribution in [0, 0.1) is 0 Å². The van der Waals surface area contributed by atoms with E-state index in [0.717, 1.165) is 6.54 Å². The Hall–Kier alpha value is -0.170. The van der Waals surface area contributed by atoms with Crippen LogP contribution in [0.5, 0.6) is 0 Å². The third-order valence-corrected chi connectivity index (χ3v) is 4.86. The van der Waals surface area contributed by atoms with E-state index in [1.807, 2.05) is 6.92 Å². The molecule has 1 aliphatic heterocycles. The summed E-state index contributed by atoms with van der Waals surface area (Å²) in [7, 11) is -3.12. The first-order valence-electron chi connectivity index (χ1n) is 6.24. The fourth-order valence-corrected chi connectivity index (χ4v) is 3.59. The topological polar surface area (TPSA) is 58.6 Å². The van der Waals surface area contributed by atoms with Gasteiger partial charge < -0.3 is 10.1 Å². The van der Waals surface area contributed by atoms with Crippen LogP contribution in [0.25, 0.3) is 0 Å². The quantitative estimate of drug-likeness (QED) is 0.707. The molecule has 1 fully saturated rings. The third kappa shape index (κ3) is 4.91. The fraction of sp³-hybridized carbons (Fsp3) is 1.00. The Bertz CT molecular complexity index is 317. The molecule has 0 amide bonds. The van der Waals surface area contributed by atoms with Gasteiger partial charge in [0.05, 0.1) is 19.0 Å². The minimum Gasteiger partial charge on any atom is -0.378 e. The molecule has 1 aliphatic rings. The maximum atomic E-state index is 12.1. The minimum atomic E-state index is -3.12. The van der Waals surface area contributed by atoms with Crippen molar-refractivity contribution >= 4 is 10.0 Å². The highest BCUT2D eigenvalue weighted by molar-refractivity contribution is 7.89. The Balaban J connectivity index is 2.39. The molecule has 1 atom stereocenters. The van der Waals surface area contributed by atoms with Crippen LogP contribution < -0.4 is 5.32 Å². The average Bonchev–Trinajstić information content (AvgIpc) is 2.24. The zero-order valence-electron chi connectivity index (χ0n) is 11.0. The molecule has 1 heterocycles. The molecule has 17 heavy (non-hydrogen) atoms. The van der Waals surface area contributed by atoms with Crippen LogP contribution in [0.2, 0.25) is 0 Å². The van der Waals surface area contributed by atoms with E-state index in [-0.39, 0.29) is 11.8 Å². The number of ether oxygens (including phenoxy) is 1. The van der Waals surface area contributed by atoms with E-state index in [4.69, 9.17) is 4.74 Å².